The van der Waals surface area contributed by atoms with E-state index in [2.05, 4.69) is 37.4 Å². The highest BCUT2D eigenvalue weighted by molar-refractivity contribution is 5.39. The van der Waals surface area contributed by atoms with Crippen LogP contribution in [-0.4, -0.2) is 19.2 Å². The van der Waals surface area contributed by atoms with Gasteiger partial charge in [0.05, 0.1) is 0 Å². The first kappa shape index (κ1) is 9.53. The molecular weight excluding hydrogens is 174 g/mol. The molecule has 0 radical (unpaired) electrons. The van der Waals surface area contributed by atoms with Crippen molar-refractivity contribution in [3.8, 4) is 5.75 Å². The number of rotatable bonds is 2. The molecule has 0 saturated carbocycles. The van der Waals surface area contributed by atoms with Gasteiger partial charge in [-0.25, -0.2) is 0 Å². The first-order valence-corrected chi connectivity index (χ1v) is 5.21. The normalized spacial score (nSPS) is 21.1. The standard InChI is InChI=1S/C12H17NO/c1-9-4-3-5-10(2)12(9)14-11-6-7-13-8-11/h3-5,11,13H,6-8H2,1-2H3/t11-/m1/s1. The summed E-state index contributed by atoms with van der Waals surface area (Å²) >= 11 is 0. The van der Waals surface area contributed by atoms with Crippen LogP contribution >= 0.6 is 0 Å². The molecule has 0 spiro atoms. The average molecular weight is 191 g/mol. The molecule has 14 heavy (non-hydrogen) atoms. The van der Waals surface area contributed by atoms with Gasteiger partial charge in [-0.1, -0.05) is 18.2 Å². The fourth-order valence-electron chi connectivity index (χ4n) is 1.88. The van der Waals surface area contributed by atoms with Crippen molar-refractivity contribution in [2.24, 2.45) is 0 Å². The lowest BCUT2D eigenvalue weighted by Crippen LogP contribution is -2.20. The summed E-state index contributed by atoms with van der Waals surface area (Å²) in [5, 5.41) is 3.31. The molecule has 2 heteroatoms. The predicted octanol–water partition coefficient (Wildman–Crippen LogP) is 2.04. The maximum absolute atomic E-state index is 5.97. The lowest BCUT2D eigenvalue weighted by molar-refractivity contribution is 0.220. The topological polar surface area (TPSA) is 21.3 Å². The zero-order valence-corrected chi connectivity index (χ0v) is 8.84. The summed E-state index contributed by atoms with van der Waals surface area (Å²) in [6.45, 7) is 6.26. The molecule has 1 saturated heterocycles. The minimum Gasteiger partial charge on any atom is -0.489 e. The van der Waals surface area contributed by atoms with E-state index >= 15 is 0 Å². The first-order chi connectivity index (χ1) is 6.77. The van der Waals surface area contributed by atoms with E-state index in [4.69, 9.17) is 4.74 Å². The Labute approximate surface area is 85.3 Å². The summed E-state index contributed by atoms with van der Waals surface area (Å²) in [5.74, 6) is 1.07. The second-order valence-corrected chi connectivity index (χ2v) is 3.95. The Kier molecular flexibility index (Phi) is 2.73. The van der Waals surface area contributed by atoms with Gasteiger partial charge < -0.3 is 10.1 Å². The molecule has 1 atom stereocenters. The minimum atomic E-state index is 0.356. The maximum atomic E-state index is 5.97. The molecule has 1 aliphatic heterocycles. The Morgan fingerprint density at radius 3 is 2.57 bits per heavy atom. The molecule has 1 fully saturated rings. The molecule has 0 bridgehead atoms. The van der Waals surface area contributed by atoms with Crippen molar-refractivity contribution >= 4 is 0 Å². The quantitative estimate of drug-likeness (QED) is 0.772. The average Bonchev–Trinajstić information content (AvgIpc) is 2.64. The molecule has 1 heterocycles. The fourth-order valence-corrected chi connectivity index (χ4v) is 1.88. The number of nitrogens with one attached hydrogen (secondary N) is 1. The summed E-state index contributed by atoms with van der Waals surface area (Å²) < 4.78 is 5.97. The van der Waals surface area contributed by atoms with E-state index in [1.165, 1.54) is 11.1 Å². The Balaban J connectivity index is 2.14. The third-order valence-electron chi connectivity index (χ3n) is 2.71. The van der Waals surface area contributed by atoms with Crippen molar-refractivity contribution in [1.82, 2.24) is 5.32 Å². The molecule has 0 aliphatic carbocycles. The fraction of sp³-hybridized carbons (Fsp3) is 0.500. The number of para-hydroxylation sites is 1. The molecule has 76 valence electrons. The van der Waals surface area contributed by atoms with Crippen molar-refractivity contribution < 1.29 is 4.74 Å². The highest BCUT2D eigenvalue weighted by Crippen LogP contribution is 2.24. The zero-order chi connectivity index (χ0) is 9.97. The number of benzene rings is 1. The van der Waals surface area contributed by atoms with E-state index in [0.29, 0.717) is 6.10 Å². The van der Waals surface area contributed by atoms with Crippen LogP contribution in [-0.2, 0) is 0 Å². The number of hydrogen-bond acceptors (Lipinski definition) is 2. The second-order valence-electron chi connectivity index (χ2n) is 3.95. The highest BCUT2D eigenvalue weighted by Gasteiger charge is 2.17. The van der Waals surface area contributed by atoms with Gasteiger partial charge in [0.2, 0.25) is 0 Å². The summed E-state index contributed by atoms with van der Waals surface area (Å²) in [7, 11) is 0. The van der Waals surface area contributed by atoms with Crippen molar-refractivity contribution in [2.75, 3.05) is 13.1 Å². The molecule has 2 nitrogen and oxygen atoms in total. The Morgan fingerprint density at radius 2 is 2.00 bits per heavy atom. The van der Waals surface area contributed by atoms with Gasteiger partial charge >= 0.3 is 0 Å². The van der Waals surface area contributed by atoms with Crippen LogP contribution in [0.25, 0.3) is 0 Å². The van der Waals surface area contributed by atoms with Gasteiger partial charge in [-0.2, -0.15) is 0 Å². The Bertz CT molecular complexity index is 296. The molecule has 0 aromatic heterocycles. The zero-order valence-electron chi connectivity index (χ0n) is 8.84. The molecule has 0 unspecified atom stereocenters. The van der Waals surface area contributed by atoms with Crippen LogP contribution in [0.1, 0.15) is 17.5 Å². The summed E-state index contributed by atoms with van der Waals surface area (Å²) in [6, 6.07) is 6.28. The van der Waals surface area contributed by atoms with E-state index in [-0.39, 0.29) is 0 Å². The number of aryl methyl sites for hydroxylation is 2. The molecule has 1 aliphatic rings. The van der Waals surface area contributed by atoms with E-state index < -0.39 is 0 Å². The van der Waals surface area contributed by atoms with Gasteiger partial charge in [0.25, 0.3) is 0 Å². The van der Waals surface area contributed by atoms with E-state index in [9.17, 15) is 0 Å². The van der Waals surface area contributed by atoms with Crippen molar-refractivity contribution in [3.63, 3.8) is 0 Å². The predicted molar refractivity (Wildman–Crippen MR) is 57.8 cm³/mol. The number of hydrogen-bond donors (Lipinski definition) is 1. The van der Waals surface area contributed by atoms with Crippen molar-refractivity contribution in [3.05, 3.63) is 29.3 Å². The van der Waals surface area contributed by atoms with Gasteiger partial charge in [-0.15, -0.1) is 0 Å². The van der Waals surface area contributed by atoms with Gasteiger partial charge in [0.15, 0.2) is 0 Å². The largest absolute Gasteiger partial charge is 0.489 e. The molecule has 1 N–H and O–H groups in total. The smallest absolute Gasteiger partial charge is 0.125 e. The summed E-state index contributed by atoms with van der Waals surface area (Å²) in [4.78, 5) is 0. The Hall–Kier alpha value is -1.02. The van der Waals surface area contributed by atoms with Crippen LogP contribution in [0.5, 0.6) is 5.75 Å². The summed E-state index contributed by atoms with van der Waals surface area (Å²) in [5.41, 5.74) is 2.47. The van der Waals surface area contributed by atoms with Crippen LogP contribution in [0, 0.1) is 13.8 Å². The van der Waals surface area contributed by atoms with Gasteiger partial charge in [0.1, 0.15) is 11.9 Å². The lowest BCUT2D eigenvalue weighted by Gasteiger charge is -2.16. The van der Waals surface area contributed by atoms with Gasteiger partial charge in [-0.05, 0) is 37.9 Å². The van der Waals surface area contributed by atoms with Crippen LogP contribution in [0.15, 0.2) is 18.2 Å². The number of ether oxygens (including phenoxy) is 1. The van der Waals surface area contributed by atoms with Gasteiger partial charge in [0, 0.05) is 6.54 Å². The van der Waals surface area contributed by atoms with Crippen molar-refractivity contribution in [1.29, 1.82) is 0 Å². The molecule has 0 amide bonds. The molecular formula is C12H17NO. The Morgan fingerprint density at radius 1 is 1.29 bits per heavy atom. The van der Waals surface area contributed by atoms with Crippen LogP contribution < -0.4 is 10.1 Å². The first-order valence-electron chi connectivity index (χ1n) is 5.21. The molecule has 1 aromatic carbocycles. The summed E-state index contributed by atoms with van der Waals surface area (Å²) in [6.07, 6.45) is 1.48. The monoisotopic (exact) mass is 191 g/mol. The lowest BCUT2D eigenvalue weighted by atomic mass is 10.1. The van der Waals surface area contributed by atoms with Crippen LogP contribution in [0.3, 0.4) is 0 Å². The highest BCUT2D eigenvalue weighted by atomic mass is 16.5. The molecule has 2 rings (SSSR count). The van der Waals surface area contributed by atoms with Crippen LogP contribution in [0.4, 0.5) is 0 Å². The van der Waals surface area contributed by atoms with Crippen molar-refractivity contribution in [2.45, 2.75) is 26.4 Å². The van der Waals surface area contributed by atoms with Crippen LogP contribution in [0.2, 0.25) is 0 Å². The maximum Gasteiger partial charge on any atom is 0.125 e. The van der Waals surface area contributed by atoms with E-state index in [1.807, 2.05) is 0 Å². The third-order valence-corrected chi connectivity index (χ3v) is 2.71. The second kappa shape index (κ2) is 4.01. The third kappa shape index (κ3) is 1.90. The SMILES string of the molecule is Cc1cccc(C)c1O[C@@H]1CCNC1. The minimum absolute atomic E-state index is 0.356. The van der Waals surface area contributed by atoms with E-state index in [0.717, 1.165) is 25.3 Å². The van der Waals surface area contributed by atoms with Gasteiger partial charge in [-0.3, -0.25) is 0 Å². The molecule has 1 aromatic rings. The van der Waals surface area contributed by atoms with E-state index in [1.54, 1.807) is 0 Å².